The van der Waals surface area contributed by atoms with Crippen LogP contribution in [0.4, 0.5) is 0 Å². The molecule has 2 heterocycles. The zero-order chi connectivity index (χ0) is 18.5. The molecule has 1 saturated heterocycles. The maximum atomic E-state index is 11.9. The molecule has 0 N–H and O–H groups in total. The Hall–Kier alpha value is -1.59. The summed E-state index contributed by atoms with van der Waals surface area (Å²) in [6.45, 7) is 8.88. The highest BCUT2D eigenvalue weighted by molar-refractivity contribution is 6.33. The molecule has 1 aliphatic rings. The zero-order valence-electron chi connectivity index (χ0n) is 16.0. The van der Waals surface area contributed by atoms with Crippen LogP contribution in [0.1, 0.15) is 49.9 Å². The maximum absolute atomic E-state index is 11.9. The Morgan fingerprint density at radius 2 is 2.04 bits per heavy atom. The highest BCUT2D eigenvalue weighted by Crippen LogP contribution is 2.22. The molecule has 0 spiro atoms. The number of carbonyl (C=O) groups excluding carboxylic acids is 1. The molecule has 138 valence electrons. The molecule has 5 heteroatoms. The Bertz CT molecular complexity index is 748. The van der Waals surface area contributed by atoms with Crippen molar-refractivity contribution in [3.63, 3.8) is 0 Å². The highest BCUT2D eigenvalue weighted by Gasteiger charge is 2.19. The molecule has 2 aromatic rings. The van der Waals surface area contributed by atoms with Crippen LogP contribution in [-0.4, -0.2) is 55.4 Å². The molecule has 0 amide bonds. The van der Waals surface area contributed by atoms with Gasteiger partial charge in [0.05, 0.1) is 6.10 Å². The summed E-state index contributed by atoms with van der Waals surface area (Å²) >= 11 is 0. The average molecular weight is 352 g/mol. The van der Waals surface area contributed by atoms with Gasteiger partial charge in [-0.2, -0.15) is 0 Å². The molecule has 1 aliphatic heterocycles. The van der Waals surface area contributed by atoms with Crippen LogP contribution in [0, 0.1) is 0 Å². The van der Waals surface area contributed by atoms with E-state index in [0.29, 0.717) is 6.10 Å². The molecule has 26 heavy (non-hydrogen) atoms. The van der Waals surface area contributed by atoms with E-state index in [0.717, 1.165) is 80.4 Å². The van der Waals surface area contributed by atoms with Gasteiger partial charge in [0.25, 0.3) is 0 Å². The number of carbonyl (C=O) groups is 1. The lowest BCUT2D eigenvalue weighted by molar-refractivity contribution is 0.00759. The number of ketones is 1. The number of aryl methyl sites for hydroxylation is 1. The fourth-order valence-corrected chi connectivity index (χ4v) is 3.82. The van der Waals surface area contributed by atoms with E-state index >= 15 is 0 Å². The molecule has 0 atom stereocenters. The predicted molar refractivity (Wildman–Crippen MR) is 108 cm³/mol. The largest absolute Gasteiger partial charge is 0.378 e. The number of fused-ring (bicyclic) bond motifs is 1. The summed E-state index contributed by atoms with van der Waals surface area (Å²) in [4.78, 5) is 14.4. The van der Waals surface area contributed by atoms with Gasteiger partial charge < -0.3 is 14.2 Å². The van der Waals surface area contributed by atoms with Crippen molar-refractivity contribution in [3.05, 3.63) is 30.0 Å². The molecule has 0 bridgehead atoms. The number of Topliss-reactive ketones (excluding diaryl/α,β-unsaturated/α-hetero) is 1. The van der Waals surface area contributed by atoms with Crippen LogP contribution in [0.2, 0.25) is 0 Å². The molecule has 0 unspecified atom stereocenters. The molecule has 1 aromatic carbocycles. The number of hydrogen-bond donors (Lipinski definition) is 0. The Balaban J connectivity index is 1.56. The number of rotatable bonds is 8. The number of hydrogen-bond acceptors (Lipinski definition) is 3. The third kappa shape index (κ3) is 4.57. The number of aromatic nitrogens is 1. The SMILES string of the molecule is [B]c1ccc2c(C(C)=O)cn(CCCN3CCC(OCCC)CC3)c2c1. The van der Waals surface area contributed by atoms with Crippen molar-refractivity contribution < 1.29 is 9.53 Å². The first-order valence-corrected chi connectivity index (χ1v) is 9.81. The third-order valence-corrected chi connectivity index (χ3v) is 5.25. The minimum absolute atomic E-state index is 0.104. The molecule has 2 radical (unpaired) electrons. The molecule has 0 aliphatic carbocycles. The summed E-state index contributed by atoms with van der Waals surface area (Å²) in [5.41, 5.74) is 2.58. The van der Waals surface area contributed by atoms with Crippen molar-refractivity contribution in [2.24, 2.45) is 0 Å². The quantitative estimate of drug-likeness (QED) is 0.541. The average Bonchev–Trinajstić information content (AvgIpc) is 2.99. The first-order valence-electron chi connectivity index (χ1n) is 9.81. The van der Waals surface area contributed by atoms with E-state index in [1.165, 1.54) is 0 Å². The van der Waals surface area contributed by atoms with Gasteiger partial charge in [-0.05, 0) is 45.2 Å². The van der Waals surface area contributed by atoms with E-state index in [2.05, 4.69) is 16.4 Å². The number of ether oxygens (including phenoxy) is 1. The minimum atomic E-state index is 0.104. The third-order valence-electron chi connectivity index (χ3n) is 5.25. The van der Waals surface area contributed by atoms with Crippen LogP contribution < -0.4 is 5.46 Å². The van der Waals surface area contributed by atoms with Crippen LogP contribution in [0.3, 0.4) is 0 Å². The van der Waals surface area contributed by atoms with Gasteiger partial charge in [-0.1, -0.05) is 24.5 Å². The summed E-state index contributed by atoms with van der Waals surface area (Å²) < 4.78 is 8.04. The second-order valence-electron chi connectivity index (χ2n) is 7.33. The summed E-state index contributed by atoms with van der Waals surface area (Å²) in [7, 11) is 5.95. The zero-order valence-corrected chi connectivity index (χ0v) is 16.0. The van der Waals surface area contributed by atoms with Gasteiger partial charge in [0.2, 0.25) is 0 Å². The van der Waals surface area contributed by atoms with Crippen LogP contribution in [0.25, 0.3) is 10.9 Å². The minimum Gasteiger partial charge on any atom is -0.378 e. The van der Waals surface area contributed by atoms with Gasteiger partial charge in [0.1, 0.15) is 7.85 Å². The predicted octanol–water partition coefficient (Wildman–Crippen LogP) is 2.92. The Morgan fingerprint density at radius 3 is 2.73 bits per heavy atom. The van der Waals surface area contributed by atoms with Crippen molar-refractivity contribution in [3.8, 4) is 0 Å². The van der Waals surface area contributed by atoms with Gasteiger partial charge in [-0.25, -0.2) is 0 Å². The van der Waals surface area contributed by atoms with Gasteiger partial charge in [-0.3, -0.25) is 4.79 Å². The molecule has 3 rings (SSSR count). The normalized spacial score (nSPS) is 16.4. The maximum Gasteiger partial charge on any atom is 0.161 e. The second-order valence-corrected chi connectivity index (χ2v) is 7.33. The molecule has 1 aromatic heterocycles. The first kappa shape index (κ1) is 19.2. The summed E-state index contributed by atoms with van der Waals surface area (Å²) in [6.07, 6.45) is 6.86. The van der Waals surface area contributed by atoms with Crippen molar-refractivity contribution in [1.82, 2.24) is 9.47 Å². The molecular weight excluding hydrogens is 323 g/mol. The lowest BCUT2D eigenvalue weighted by atomic mass is 9.94. The smallest absolute Gasteiger partial charge is 0.161 e. The van der Waals surface area contributed by atoms with Crippen LogP contribution >= 0.6 is 0 Å². The number of nitrogens with zero attached hydrogens (tertiary/aromatic N) is 2. The standard InChI is InChI=1S/C21H29BN2O2/c1-3-13-26-18-7-11-23(12-8-18)9-4-10-24-15-20(16(2)25)19-6-5-17(22)14-21(19)24/h5-6,14-15,18H,3-4,7-13H2,1-2H3. The van der Waals surface area contributed by atoms with Crippen molar-refractivity contribution in [1.29, 1.82) is 0 Å². The summed E-state index contributed by atoms with van der Waals surface area (Å²) in [6, 6.07) is 5.79. The lowest BCUT2D eigenvalue weighted by Gasteiger charge is -2.31. The molecule has 4 nitrogen and oxygen atoms in total. The Kier molecular flexibility index (Phi) is 6.55. The second kappa shape index (κ2) is 8.87. The fourth-order valence-electron chi connectivity index (χ4n) is 3.82. The summed E-state index contributed by atoms with van der Waals surface area (Å²) in [5.74, 6) is 0.104. The monoisotopic (exact) mass is 352 g/mol. The van der Waals surface area contributed by atoms with Gasteiger partial charge in [0, 0.05) is 48.9 Å². The van der Waals surface area contributed by atoms with Crippen LogP contribution in [0.15, 0.2) is 24.4 Å². The fraction of sp³-hybridized carbons (Fsp3) is 0.571. The number of piperidine rings is 1. The highest BCUT2D eigenvalue weighted by atomic mass is 16.5. The number of likely N-dealkylation sites (tertiary alicyclic amines) is 1. The van der Waals surface area contributed by atoms with E-state index in [1.807, 2.05) is 24.4 Å². The van der Waals surface area contributed by atoms with E-state index in [-0.39, 0.29) is 5.78 Å². The van der Waals surface area contributed by atoms with Gasteiger partial charge >= 0.3 is 0 Å². The van der Waals surface area contributed by atoms with Crippen LogP contribution in [-0.2, 0) is 11.3 Å². The first-order chi connectivity index (χ1) is 12.6. The van der Waals surface area contributed by atoms with Crippen molar-refractivity contribution >= 4 is 30.0 Å². The Morgan fingerprint density at radius 1 is 1.27 bits per heavy atom. The van der Waals surface area contributed by atoms with E-state index in [4.69, 9.17) is 12.6 Å². The van der Waals surface area contributed by atoms with Gasteiger partial charge in [0.15, 0.2) is 5.78 Å². The van der Waals surface area contributed by atoms with Crippen LogP contribution in [0.5, 0.6) is 0 Å². The van der Waals surface area contributed by atoms with E-state index < -0.39 is 0 Å². The molecule has 0 saturated carbocycles. The lowest BCUT2D eigenvalue weighted by Crippen LogP contribution is -2.37. The van der Waals surface area contributed by atoms with E-state index in [9.17, 15) is 4.79 Å². The van der Waals surface area contributed by atoms with E-state index in [1.54, 1.807) is 6.92 Å². The molecule has 1 fully saturated rings. The van der Waals surface area contributed by atoms with Crippen molar-refractivity contribution in [2.45, 2.75) is 52.2 Å². The Labute approximate surface area is 157 Å². The topological polar surface area (TPSA) is 34.5 Å². The summed E-state index contributed by atoms with van der Waals surface area (Å²) in [5, 5.41) is 1.00. The van der Waals surface area contributed by atoms with Crippen molar-refractivity contribution in [2.75, 3.05) is 26.2 Å². The molecular formula is C21H29BN2O2. The number of benzene rings is 1. The van der Waals surface area contributed by atoms with Gasteiger partial charge in [-0.15, -0.1) is 0 Å².